The number of anilines is 1. The molecule has 3 aromatic rings. The Hall–Kier alpha value is -3.01. The molecule has 9 heteroatoms. The van der Waals surface area contributed by atoms with E-state index in [1.807, 2.05) is 30.3 Å². The van der Waals surface area contributed by atoms with Gasteiger partial charge in [0, 0.05) is 19.3 Å². The van der Waals surface area contributed by atoms with Crippen LogP contribution in [0.2, 0.25) is 0 Å². The van der Waals surface area contributed by atoms with Crippen LogP contribution in [0.5, 0.6) is 0 Å². The van der Waals surface area contributed by atoms with Crippen molar-refractivity contribution in [1.82, 2.24) is 4.31 Å². The molecule has 0 bridgehead atoms. The zero-order chi connectivity index (χ0) is 24.1. The second-order valence-electron chi connectivity index (χ2n) is 7.54. The predicted octanol–water partition coefficient (Wildman–Crippen LogP) is 3.94. The van der Waals surface area contributed by atoms with E-state index in [9.17, 15) is 21.6 Å². The molecule has 0 aliphatic carbocycles. The van der Waals surface area contributed by atoms with E-state index in [1.165, 1.54) is 47.8 Å². The summed E-state index contributed by atoms with van der Waals surface area (Å²) in [4.78, 5) is 12.8. The first-order chi connectivity index (χ1) is 15.6. The minimum absolute atomic E-state index is 0.0221. The topological polar surface area (TPSA) is 101 Å². The zero-order valence-electron chi connectivity index (χ0n) is 18.4. The van der Waals surface area contributed by atoms with Crippen LogP contribution >= 0.6 is 0 Å². The van der Waals surface area contributed by atoms with Gasteiger partial charge in [-0.25, -0.2) is 16.8 Å². The molecule has 3 rings (SSSR count). The normalized spacial score (nSPS) is 12.0. The summed E-state index contributed by atoms with van der Waals surface area (Å²) in [7, 11) is -5.81. The lowest BCUT2D eigenvalue weighted by Crippen LogP contribution is -2.26. The van der Waals surface area contributed by atoms with Crippen LogP contribution in [0.1, 0.15) is 29.3 Å². The van der Waals surface area contributed by atoms with Gasteiger partial charge >= 0.3 is 0 Å². The molecule has 0 aliphatic heterocycles. The van der Waals surface area contributed by atoms with Crippen molar-refractivity contribution in [2.75, 3.05) is 18.1 Å². The molecule has 0 radical (unpaired) electrons. The molecule has 1 N–H and O–H groups in total. The maximum Gasteiger partial charge on any atom is 0.256 e. The van der Waals surface area contributed by atoms with Gasteiger partial charge in [-0.1, -0.05) is 49.4 Å². The molecule has 0 unspecified atom stereocenters. The molecule has 3 aromatic carbocycles. The molecule has 0 saturated carbocycles. The van der Waals surface area contributed by atoms with E-state index >= 15 is 0 Å². The van der Waals surface area contributed by atoms with Gasteiger partial charge in [0.15, 0.2) is 9.84 Å². The van der Waals surface area contributed by atoms with Gasteiger partial charge in [0.25, 0.3) is 5.91 Å². The summed E-state index contributed by atoms with van der Waals surface area (Å²) in [6, 6.07) is 21.1. The maximum atomic E-state index is 12.9. The number of sulfonamides is 1. The summed E-state index contributed by atoms with van der Waals surface area (Å²) in [6.45, 7) is 1.98. The van der Waals surface area contributed by atoms with Crippen molar-refractivity contribution in [3.8, 4) is 0 Å². The average molecular weight is 487 g/mol. The number of nitrogens with one attached hydrogen (secondary N) is 1. The first-order valence-corrected chi connectivity index (χ1v) is 13.5. The monoisotopic (exact) mass is 486 g/mol. The Kier molecular flexibility index (Phi) is 7.68. The van der Waals surface area contributed by atoms with Crippen molar-refractivity contribution in [2.24, 2.45) is 0 Å². The van der Waals surface area contributed by atoms with Gasteiger partial charge in [0.1, 0.15) is 0 Å². The van der Waals surface area contributed by atoms with Crippen molar-refractivity contribution < 1.29 is 21.6 Å². The maximum absolute atomic E-state index is 12.9. The quantitative estimate of drug-likeness (QED) is 0.494. The summed E-state index contributed by atoms with van der Waals surface area (Å²) in [5.41, 5.74) is 1.27. The van der Waals surface area contributed by atoms with Crippen molar-refractivity contribution in [1.29, 1.82) is 0 Å². The molecule has 0 saturated heterocycles. The standard InChI is InChI=1S/C24H26N2O5S2/c1-3-17-32(28,29)23-12-8-7-11-22(23)24(27)25-20-13-15-21(16-14-20)33(30,31)26(2)18-19-9-5-4-6-10-19/h4-16H,3,17-18H2,1-2H3,(H,25,27). The number of rotatable bonds is 9. The fourth-order valence-corrected chi connectivity index (χ4v) is 6.02. The molecule has 0 heterocycles. The molecule has 33 heavy (non-hydrogen) atoms. The molecule has 0 fully saturated rings. The van der Waals surface area contributed by atoms with Gasteiger partial charge in [-0.2, -0.15) is 4.31 Å². The third-order valence-electron chi connectivity index (χ3n) is 5.01. The van der Waals surface area contributed by atoms with Gasteiger partial charge in [-0.3, -0.25) is 4.79 Å². The van der Waals surface area contributed by atoms with Crippen molar-refractivity contribution >= 4 is 31.5 Å². The average Bonchev–Trinajstić information content (AvgIpc) is 2.80. The van der Waals surface area contributed by atoms with Crippen LogP contribution in [0.15, 0.2) is 88.7 Å². The molecule has 174 valence electrons. The van der Waals surface area contributed by atoms with E-state index in [0.29, 0.717) is 12.1 Å². The number of amides is 1. The highest BCUT2D eigenvalue weighted by atomic mass is 32.2. The van der Waals surface area contributed by atoms with Crippen LogP contribution in [0.4, 0.5) is 5.69 Å². The van der Waals surface area contributed by atoms with Gasteiger partial charge in [-0.15, -0.1) is 0 Å². The Labute approximate surface area is 195 Å². The van der Waals surface area contributed by atoms with Crippen LogP contribution in [0.3, 0.4) is 0 Å². The third-order valence-corrected chi connectivity index (χ3v) is 8.80. The Morgan fingerprint density at radius 2 is 1.45 bits per heavy atom. The number of sulfone groups is 1. The predicted molar refractivity (Wildman–Crippen MR) is 128 cm³/mol. The van der Waals surface area contributed by atoms with Gasteiger partial charge in [-0.05, 0) is 48.4 Å². The summed E-state index contributed by atoms with van der Waals surface area (Å²) in [6.07, 6.45) is 0.437. The third kappa shape index (κ3) is 5.87. The van der Waals surface area contributed by atoms with E-state index in [1.54, 1.807) is 19.1 Å². The van der Waals surface area contributed by atoms with Crippen molar-refractivity contribution in [3.05, 3.63) is 90.0 Å². The fourth-order valence-electron chi connectivity index (χ4n) is 3.32. The molecule has 7 nitrogen and oxygen atoms in total. The molecule has 0 atom stereocenters. The summed E-state index contributed by atoms with van der Waals surface area (Å²) >= 11 is 0. The van der Waals surface area contributed by atoms with Crippen molar-refractivity contribution in [2.45, 2.75) is 29.7 Å². The lowest BCUT2D eigenvalue weighted by molar-refractivity contribution is 0.102. The first kappa shape index (κ1) is 24.6. The van der Waals surface area contributed by atoms with E-state index in [4.69, 9.17) is 0 Å². The van der Waals surface area contributed by atoms with Crippen LogP contribution in [-0.4, -0.2) is 39.8 Å². The molecule has 0 aliphatic rings. The molecule has 0 aromatic heterocycles. The van der Waals surface area contributed by atoms with E-state index in [0.717, 1.165) is 5.56 Å². The van der Waals surface area contributed by atoms with Gasteiger partial charge < -0.3 is 5.32 Å². The lowest BCUT2D eigenvalue weighted by Gasteiger charge is -2.17. The number of hydrogen-bond donors (Lipinski definition) is 1. The van der Waals surface area contributed by atoms with Crippen LogP contribution in [-0.2, 0) is 26.4 Å². The number of benzene rings is 3. The summed E-state index contributed by atoms with van der Waals surface area (Å²) in [5.74, 6) is -0.637. The van der Waals surface area contributed by atoms with E-state index in [-0.39, 0.29) is 27.7 Å². The van der Waals surface area contributed by atoms with Crippen LogP contribution in [0, 0.1) is 0 Å². The van der Waals surface area contributed by atoms with E-state index in [2.05, 4.69) is 5.32 Å². The van der Waals surface area contributed by atoms with Crippen molar-refractivity contribution in [3.63, 3.8) is 0 Å². The number of nitrogens with zero attached hydrogens (tertiary/aromatic N) is 1. The Bertz CT molecular complexity index is 1320. The molecular weight excluding hydrogens is 460 g/mol. The number of carbonyl (C=O) groups is 1. The number of hydrogen-bond acceptors (Lipinski definition) is 5. The minimum Gasteiger partial charge on any atom is -0.322 e. The van der Waals surface area contributed by atoms with Crippen LogP contribution in [0.25, 0.3) is 0 Å². The summed E-state index contributed by atoms with van der Waals surface area (Å²) in [5, 5.41) is 2.65. The summed E-state index contributed by atoms with van der Waals surface area (Å²) < 4.78 is 52.0. The molecule has 0 spiro atoms. The smallest absolute Gasteiger partial charge is 0.256 e. The van der Waals surface area contributed by atoms with Gasteiger partial charge in [0.2, 0.25) is 10.0 Å². The second-order valence-corrected chi connectivity index (χ2v) is 11.7. The Balaban J connectivity index is 1.77. The Morgan fingerprint density at radius 3 is 2.09 bits per heavy atom. The SMILES string of the molecule is CCCS(=O)(=O)c1ccccc1C(=O)Nc1ccc(S(=O)(=O)N(C)Cc2ccccc2)cc1. The number of carbonyl (C=O) groups excluding carboxylic acids is 1. The second kappa shape index (κ2) is 10.3. The van der Waals surface area contributed by atoms with Crippen LogP contribution < -0.4 is 5.32 Å². The lowest BCUT2D eigenvalue weighted by atomic mass is 10.2. The zero-order valence-corrected chi connectivity index (χ0v) is 20.1. The van der Waals surface area contributed by atoms with Gasteiger partial charge in [0.05, 0.1) is 21.1 Å². The largest absolute Gasteiger partial charge is 0.322 e. The highest BCUT2D eigenvalue weighted by molar-refractivity contribution is 7.91. The highest BCUT2D eigenvalue weighted by Gasteiger charge is 2.23. The van der Waals surface area contributed by atoms with E-state index < -0.39 is 25.8 Å². The first-order valence-electron chi connectivity index (χ1n) is 10.4. The molecule has 1 amide bonds. The Morgan fingerprint density at radius 1 is 0.848 bits per heavy atom. The highest BCUT2D eigenvalue weighted by Crippen LogP contribution is 2.22. The minimum atomic E-state index is -3.73. The molecular formula is C24H26N2O5S2. The fraction of sp³-hybridized carbons (Fsp3) is 0.208.